The maximum absolute atomic E-state index is 12.0. The second kappa shape index (κ2) is 8.39. The molecule has 2 aromatic rings. The summed E-state index contributed by atoms with van der Waals surface area (Å²) in [6.45, 7) is 6.51. The molecule has 150 valence electrons. The van der Waals surface area contributed by atoms with Crippen molar-refractivity contribution >= 4 is 28.9 Å². The van der Waals surface area contributed by atoms with Crippen LogP contribution in [-0.4, -0.2) is 23.7 Å². The maximum Gasteiger partial charge on any atom is 0.335 e. The summed E-state index contributed by atoms with van der Waals surface area (Å²) in [5, 5.41) is 17.5. The van der Waals surface area contributed by atoms with Crippen LogP contribution in [0.2, 0.25) is 0 Å². The standard InChI is InChI=1S/C23H24N2O4/c1-4-29-21(26)13-16-11-12-23(2,3)20-10-9-18(14-19(16)20)25-24-17-7-5-15(6-8-17)22(27)28/h5-11,14H,4,12-13H2,1-3H3,(H,27,28)/b25-24+. The van der Waals surface area contributed by atoms with E-state index in [0.717, 1.165) is 17.6 Å². The van der Waals surface area contributed by atoms with Crippen molar-refractivity contribution in [2.75, 3.05) is 6.61 Å². The highest BCUT2D eigenvalue weighted by Crippen LogP contribution is 2.41. The number of hydrogen-bond donors (Lipinski definition) is 1. The number of carboxylic acid groups (broad SMARTS) is 1. The maximum atomic E-state index is 12.0. The normalized spacial score (nSPS) is 14.9. The lowest BCUT2D eigenvalue weighted by molar-refractivity contribution is -0.141. The third-order valence-corrected chi connectivity index (χ3v) is 4.97. The molecule has 0 amide bonds. The van der Waals surface area contributed by atoms with Crippen LogP contribution in [0.4, 0.5) is 11.4 Å². The van der Waals surface area contributed by atoms with Gasteiger partial charge in [-0.15, -0.1) is 0 Å². The molecule has 1 aliphatic rings. The number of aromatic carboxylic acids is 1. The summed E-state index contributed by atoms with van der Waals surface area (Å²) in [6, 6.07) is 12.1. The van der Waals surface area contributed by atoms with Gasteiger partial charge in [0.25, 0.3) is 0 Å². The largest absolute Gasteiger partial charge is 0.478 e. The van der Waals surface area contributed by atoms with E-state index in [-0.39, 0.29) is 23.4 Å². The first-order valence-corrected chi connectivity index (χ1v) is 9.55. The minimum absolute atomic E-state index is 0.0319. The average molecular weight is 392 g/mol. The molecule has 6 heteroatoms. The van der Waals surface area contributed by atoms with Crippen LogP contribution in [0, 0.1) is 0 Å². The lowest BCUT2D eigenvalue weighted by Gasteiger charge is -2.32. The fourth-order valence-corrected chi connectivity index (χ4v) is 3.37. The number of ether oxygens (including phenoxy) is 1. The van der Waals surface area contributed by atoms with E-state index >= 15 is 0 Å². The van der Waals surface area contributed by atoms with Gasteiger partial charge in [0.1, 0.15) is 0 Å². The number of carboxylic acids is 1. The number of benzene rings is 2. The summed E-state index contributed by atoms with van der Waals surface area (Å²) in [5.74, 6) is -1.22. The van der Waals surface area contributed by atoms with Crippen molar-refractivity contribution in [3.63, 3.8) is 0 Å². The van der Waals surface area contributed by atoms with Crippen molar-refractivity contribution in [1.29, 1.82) is 0 Å². The van der Waals surface area contributed by atoms with E-state index in [4.69, 9.17) is 9.84 Å². The number of carbonyl (C=O) groups excluding carboxylic acids is 1. The minimum atomic E-state index is -0.980. The van der Waals surface area contributed by atoms with E-state index in [1.54, 1.807) is 19.1 Å². The molecule has 0 unspecified atom stereocenters. The summed E-state index contributed by atoms with van der Waals surface area (Å²) in [4.78, 5) is 22.9. The summed E-state index contributed by atoms with van der Waals surface area (Å²) in [5.41, 5.74) is 4.51. The van der Waals surface area contributed by atoms with E-state index in [0.29, 0.717) is 18.0 Å². The van der Waals surface area contributed by atoms with Gasteiger partial charge in [0, 0.05) is 0 Å². The Morgan fingerprint density at radius 1 is 1.07 bits per heavy atom. The molecule has 0 saturated carbocycles. The van der Waals surface area contributed by atoms with Crippen LogP contribution in [0.3, 0.4) is 0 Å². The smallest absolute Gasteiger partial charge is 0.335 e. The summed E-state index contributed by atoms with van der Waals surface area (Å²) in [6.07, 6.45) is 3.19. The van der Waals surface area contributed by atoms with Crippen LogP contribution in [-0.2, 0) is 14.9 Å². The molecule has 0 atom stereocenters. The van der Waals surface area contributed by atoms with Crippen LogP contribution in [0.1, 0.15) is 55.1 Å². The second-order valence-electron chi connectivity index (χ2n) is 7.58. The molecule has 0 aliphatic heterocycles. The Morgan fingerprint density at radius 3 is 2.38 bits per heavy atom. The monoisotopic (exact) mass is 392 g/mol. The Labute approximate surface area is 169 Å². The summed E-state index contributed by atoms with van der Waals surface area (Å²) in [7, 11) is 0. The van der Waals surface area contributed by atoms with Crippen molar-refractivity contribution in [3.8, 4) is 0 Å². The predicted molar refractivity (Wildman–Crippen MR) is 111 cm³/mol. The molecule has 6 nitrogen and oxygen atoms in total. The molecule has 2 aromatic carbocycles. The average Bonchev–Trinajstić information content (AvgIpc) is 2.69. The van der Waals surface area contributed by atoms with Gasteiger partial charge >= 0.3 is 11.9 Å². The van der Waals surface area contributed by atoms with E-state index in [9.17, 15) is 9.59 Å². The topological polar surface area (TPSA) is 88.3 Å². The van der Waals surface area contributed by atoms with E-state index < -0.39 is 5.97 Å². The highest BCUT2D eigenvalue weighted by atomic mass is 16.5. The molecule has 0 radical (unpaired) electrons. The second-order valence-corrected chi connectivity index (χ2v) is 7.58. The Bertz CT molecular complexity index is 988. The van der Waals surface area contributed by atoms with Crippen molar-refractivity contribution in [2.24, 2.45) is 10.2 Å². The zero-order valence-corrected chi connectivity index (χ0v) is 16.8. The number of allylic oxidation sites excluding steroid dienone is 1. The lowest BCUT2D eigenvalue weighted by Crippen LogP contribution is -2.22. The highest BCUT2D eigenvalue weighted by Gasteiger charge is 2.29. The van der Waals surface area contributed by atoms with Gasteiger partial charge in [0.2, 0.25) is 0 Å². The molecule has 0 heterocycles. The van der Waals surface area contributed by atoms with Gasteiger partial charge in [0.05, 0.1) is 30.0 Å². The molecular formula is C23H24N2O4. The lowest BCUT2D eigenvalue weighted by atomic mass is 9.73. The molecule has 0 aromatic heterocycles. The van der Waals surface area contributed by atoms with Crippen molar-refractivity contribution in [3.05, 3.63) is 65.2 Å². The highest BCUT2D eigenvalue weighted by molar-refractivity contribution is 5.88. The molecule has 0 spiro atoms. The Morgan fingerprint density at radius 2 is 1.72 bits per heavy atom. The molecule has 3 rings (SSSR count). The van der Waals surface area contributed by atoms with E-state index in [2.05, 4.69) is 30.2 Å². The van der Waals surface area contributed by atoms with Gasteiger partial charge in [-0.05, 0) is 71.9 Å². The van der Waals surface area contributed by atoms with Crippen molar-refractivity contribution < 1.29 is 19.4 Å². The first kappa shape index (κ1) is 20.5. The molecule has 0 bridgehead atoms. The fraction of sp³-hybridized carbons (Fsp3) is 0.304. The third-order valence-electron chi connectivity index (χ3n) is 4.97. The number of esters is 1. The van der Waals surface area contributed by atoms with E-state index in [1.165, 1.54) is 17.7 Å². The fourth-order valence-electron chi connectivity index (χ4n) is 3.37. The van der Waals surface area contributed by atoms with Gasteiger partial charge in [0.15, 0.2) is 0 Å². The number of rotatable bonds is 6. The third kappa shape index (κ3) is 4.77. The zero-order valence-electron chi connectivity index (χ0n) is 16.8. The number of azo groups is 1. The van der Waals surface area contributed by atoms with Crippen LogP contribution in [0.25, 0.3) is 5.57 Å². The van der Waals surface area contributed by atoms with Gasteiger partial charge < -0.3 is 9.84 Å². The van der Waals surface area contributed by atoms with Crippen LogP contribution in [0.15, 0.2) is 58.8 Å². The first-order chi connectivity index (χ1) is 13.8. The Hall–Kier alpha value is -3.28. The molecule has 29 heavy (non-hydrogen) atoms. The van der Waals surface area contributed by atoms with Crippen LogP contribution < -0.4 is 0 Å². The van der Waals surface area contributed by atoms with Crippen LogP contribution in [0.5, 0.6) is 0 Å². The summed E-state index contributed by atoms with van der Waals surface area (Å²) < 4.78 is 5.11. The molecule has 1 N–H and O–H groups in total. The molecule has 0 saturated heterocycles. The minimum Gasteiger partial charge on any atom is -0.478 e. The quantitative estimate of drug-likeness (QED) is 0.496. The van der Waals surface area contributed by atoms with Gasteiger partial charge in [-0.1, -0.05) is 26.0 Å². The van der Waals surface area contributed by atoms with Gasteiger partial charge in [-0.3, -0.25) is 4.79 Å². The first-order valence-electron chi connectivity index (χ1n) is 9.55. The number of nitrogens with zero attached hydrogens (tertiary/aromatic N) is 2. The molecule has 1 aliphatic carbocycles. The molecular weight excluding hydrogens is 368 g/mol. The van der Waals surface area contributed by atoms with Crippen LogP contribution >= 0.6 is 0 Å². The predicted octanol–water partition coefficient (Wildman–Crippen LogP) is 5.82. The van der Waals surface area contributed by atoms with Crippen molar-refractivity contribution in [1.82, 2.24) is 0 Å². The number of fused-ring (bicyclic) bond motifs is 1. The van der Waals surface area contributed by atoms with Crippen molar-refractivity contribution in [2.45, 2.75) is 39.0 Å². The Balaban J connectivity index is 1.88. The number of carbonyl (C=O) groups is 2. The summed E-state index contributed by atoms with van der Waals surface area (Å²) >= 11 is 0. The van der Waals surface area contributed by atoms with E-state index in [1.807, 2.05) is 18.2 Å². The van der Waals surface area contributed by atoms with Gasteiger partial charge in [-0.25, -0.2) is 4.79 Å². The SMILES string of the molecule is CCOC(=O)CC1=CCC(C)(C)c2ccc(/N=N/c3ccc(C(=O)O)cc3)cc21. The zero-order chi connectivity index (χ0) is 21.0. The van der Waals surface area contributed by atoms with Gasteiger partial charge in [-0.2, -0.15) is 10.2 Å². The number of hydrogen-bond acceptors (Lipinski definition) is 5. The molecule has 0 fully saturated rings. The Kier molecular flexibility index (Phi) is 5.92.